The Morgan fingerprint density at radius 2 is 2.00 bits per heavy atom. The molecule has 0 aromatic heterocycles. The second-order valence-electron chi connectivity index (χ2n) is 5.54. The Labute approximate surface area is 103 Å². The number of nitrogens with one attached hydrogen (secondary N) is 1. The fourth-order valence-electron chi connectivity index (χ4n) is 3.02. The molecule has 2 amide bonds. The highest BCUT2D eigenvalue weighted by molar-refractivity contribution is 6.03. The second-order valence-corrected chi connectivity index (χ2v) is 5.54. The van der Waals surface area contributed by atoms with Crippen LogP contribution in [0.1, 0.15) is 39.5 Å². The smallest absolute Gasteiger partial charge is 0.230 e. The van der Waals surface area contributed by atoms with Crippen LogP contribution in [0.3, 0.4) is 0 Å². The molecule has 2 atom stereocenters. The molecule has 2 saturated heterocycles. The summed E-state index contributed by atoms with van der Waals surface area (Å²) in [5.74, 6) is 0.197. The number of hydrogen-bond donors (Lipinski definition) is 1. The van der Waals surface area contributed by atoms with E-state index in [9.17, 15) is 9.59 Å². The van der Waals surface area contributed by atoms with E-state index in [0.29, 0.717) is 18.4 Å². The van der Waals surface area contributed by atoms with Gasteiger partial charge in [-0.25, -0.2) is 0 Å². The molecule has 0 spiro atoms. The molecule has 0 aromatic carbocycles. The highest BCUT2D eigenvalue weighted by Crippen LogP contribution is 2.30. The van der Waals surface area contributed by atoms with Gasteiger partial charge in [0.15, 0.2) is 0 Å². The Morgan fingerprint density at radius 1 is 1.24 bits per heavy atom. The van der Waals surface area contributed by atoms with Gasteiger partial charge in [0.25, 0.3) is 0 Å². The number of nitrogens with zero attached hydrogens (tertiary/aromatic N) is 1. The molecular formula is C13H22N2O2. The predicted octanol–water partition coefficient (Wildman–Crippen LogP) is 1.16. The quantitative estimate of drug-likeness (QED) is 0.734. The fraction of sp³-hybridized carbons (Fsp3) is 0.846. The summed E-state index contributed by atoms with van der Waals surface area (Å²) in [6.07, 6.45) is 3.67. The van der Waals surface area contributed by atoms with Crippen molar-refractivity contribution in [1.29, 1.82) is 0 Å². The number of likely N-dealkylation sites (tertiary alicyclic amines) is 1. The van der Waals surface area contributed by atoms with E-state index in [1.807, 2.05) is 0 Å². The van der Waals surface area contributed by atoms with Crippen molar-refractivity contribution >= 4 is 11.8 Å². The van der Waals surface area contributed by atoms with Gasteiger partial charge < -0.3 is 4.90 Å². The standard InChI is InChI=1S/C13H22N2O2/c1-9(2)15-6-3-4-10(5-7-15)11-8-12(16)14-13(11)17/h9-11H,3-8H2,1-2H3,(H,14,16,17). The van der Waals surface area contributed by atoms with Gasteiger partial charge in [-0.2, -0.15) is 0 Å². The molecule has 4 heteroatoms. The van der Waals surface area contributed by atoms with Crippen molar-refractivity contribution in [3.8, 4) is 0 Å². The summed E-state index contributed by atoms with van der Waals surface area (Å²) in [7, 11) is 0. The van der Waals surface area contributed by atoms with E-state index in [2.05, 4.69) is 24.1 Å². The predicted molar refractivity (Wildman–Crippen MR) is 65.3 cm³/mol. The maximum atomic E-state index is 11.7. The summed E-state index contributed by atoms with van der Waals surface area (Å²) >= 11 is 0. The Kier molecular flexibility index (Phi) is 3.82. The van der Waals surface area contributed by atoms with Gasteiger partial charge in [0, 0.05) is 18.4 Å². The first-order valence-corrected chi connectivity index (χ1v) is 6.65. The highest BCUT2D eigenvalue weighted by Gasteiger charge is 2.37. The van der Waals surface area contributed by atoms with Crippen molar-refractivity contribution in [2.24, 2.45) is 11.8 Å². The molecule has 17 heavy (non-hydrogen) atoms. The molecule has 0 radical (unpaired) electrons. The molecule has 0 aromatic rings. The number of amides is 2. The maximum Gasteiger partial charge on any atom is 0.230 e. The maximum absolute atomic E-state index is 11.7. The minimum atomic E-state index is -0.0926. The minimum absolute atomic E-state index is 0.0435. The zero-order valence-electron chi connectivity index (χ0n) is 10.7. The van der Waals surface area contributed by atoms with Gasteiger partial charge in [0.1, 0.15) is 0 Å². The number of hydrogen-bond acceptors (Lipinski definition) is 3. The van der Waals surface area contributed by atoms with Crippen molar-refractivity contribution < 1.29 is 9.59 Å². The molecule has 2 rings (SSSR count). The van der Waals surface area contributed by atoms with E-state index < -0.39 is 0 Å². The monoisotopic (exact) mass is 238 g/mol. The molecule has 1 N–H and O–H groups in total. The molecular weight excluding hydrogens is 216 g/mol. The van der Waals surface area contributed by atoms with Crippen LogP contribution in [0, 0.1) is 11.8 Å². The van der Waals surface area contributed by atoms with Crippen LogP contribution in [0.15, 0.2) is 0 Å². The van der Waals surface area contributed by atoms with E-state index in [1.165, 1.54) is 0 Å². The van der Waals surface area contributed by atoms with Gasteiger partial charge in [-0.1, -0.05) is 0 Å². The number of imide groups is 1. The molecule has 0 saturated carbocycles. The molecule has 2 heterocycles. The normalized spacial score (nSPS) is 31.7. The van der Waals surface area contributed by atoms with Crippen LogP contribution >= 0.6 is 0 Å². The minimum Gasteiger partial charge on any atom is -0.301 e. The lowest BCUT2D eigenvalue weighted by Gasteiger charge is -2.24. The summed E-state index contributed by atoms with van der Waals surface area (Å²) in [5, 5.41) is 2.43. The van der Waals surface area contributed by atoms with E-state index in [-0.39, 0.29) is 17.7 Å². The summed E-state index contributed by atoms with van der Waals surface area (Å²) in [5.41, 5.74) is 0. The molecule has 0 aliphatic carbocycles. The van der Waals surface area contributed by atoms with E-state index >= 15 is 0 Å². The largest absolute Gasteiger partial charge is 0.301 e. The molecule has 96 valence electrons. The first kappa shape index (κ1) is 12.6. The zero-order chi connectivity index (χ0) is 12.4. The van der Waals surface area contributed by atoms with Crippen molar-refractivity contribution in [2.75, 3.05) is 13.1 Å². The lowest BCUT2D eigenvalue weighted by molar-refractivity contribution is -0.126. The number of carbonyl (C=O) groups is 2. The zero-order valence-corrected chi connectivity index (χ0v) is 10.7. The van der Waals surface area contributed by atoms with Crippen LogP contribution in [0.25, 0.3) is 0 Å². The summed E-state index contributed by atoms with van der Waals surface area (Å²) in [4.78, 5) is 25.4. The summed E-state index contributed by atoms with van der Waals surface area (Å²) in [6, 6.07) is 0.577. The summed E-state index contributed by atoms with van der Waals surface area (Å²) in [6.45, 7) is 6.61. The average molecular weight is 238 g/mol. The Morgan fingerprint density at radius 3 is 2.59 bits per heavy atom. The van der Waals surface area contributed by atoms with Crippen LogP contribution in [0.5, 0.6) is 0 Å². The SMILES string of the molecule is CC(C)N1CCCC(C2CC(=O)NC2=O)CC1. The lowest BCUT2D eigenvalue weighted by atomic mass is 9.85. The Hall–Kier alpha value is -0.900. The van der Waals surface area contributed by atoms with E-state index in [1.54, 1.807) is 0 Å². The molecule has 4 nitrogen and oxygen atoms in total. The summed E-state index contributed by atoms with van der Waals surface area (Å²) < 4.78 is 0. The lowest BCUT2D eigenvalue weighted by Crippen LogP contribution is -2.32. The van der Waals surface area contributed by atoms with Gasteiger partial charge in [-0.15, -0.1) is 0 Å². The van der Waals surface area contributed by atoms with Crippen LogP contribution < -0.4 is 5.32 Å². The van der Waals surface area contributed by atoms with Crippen LogP contribution in [0.2, 0.25) is 0 Å². The molecule has 2 fully saturated rings. The fourth-order valence-corrected chi connectivity index (χ4v) is 3.02. The van der Waals surface area contributed by atoms with Gasteiger partial charge in [-0.3, -0.25) is 14.9 Å². The third-order valence-corrected chi connectivity index (χ3v) is 4.11. The van der Waals surface area contributed by atoms with Crippen molar-refractivity contribution in [3.63, 3.8) is 0 Å². The molecule has 0 bridgehead atoms. The van der Waals surface area contributed by atoms with Crippen molar-refractivity contribution in [2.45, 2.75) is 45.6 Å². The average Bonchev–Trinajstić information content (AvgIpc) is 2.52. The van der Waals surface area contributed by atoms with Gasteiger partial charge in [-0.05, 0) is 52.1 Å². The van der Waals surface area contributed by atoms with Crippen LogP contribution in [0.4, 0.5) is 0 Å². The van der Waals surface area contributed by atoms with Gasteiger partial charge in [0.2, 0.25) is 11.8 Å². The Bertz CT molecular complexity index is 315. The topological polar surface area (TPSA) is 49.4 Å². The first-order valence-electron chi connectivity index (χ1n) is 6.65. The number of carbonyl (C=O) groups excluding carboxylic acids is 2. The van der Waals surface area contributed by atoms with Crippen molar-refractivity contribution in [3.05, 3.63) is 0 Å². The van der Waals surface area contributed by atoms with Crippen LogP contribution in [-0.2, 0) is 9.59 Å². The number of rotatable bonds is 2. The second kappa shape index (κ2) is 5.17. The third kappa shape index (κ3) is 2.86. The highest BCUT2D eigenvalue weighted by atomic mass is 16.2. The first-order chi connectivity index (χ1) is 8.08. The van der Waals surface area contributed by atoms with E-state index in [4.69, 9.17) is 0 Å². The Balaban J connectivity index is 1.95. The molecule has 2 unspecified atom stereocenters. The van der Waals surface area contributed by atoms with Crippen molar-refractivity contribution in [1.82, 2.24) is 10.2 Å². The van der Waals surface area contributed by atoms with Gasteiger partial charge in [0.05, 0.1) is 0 Å². The molecule has 2 aliphatic rings. The van der Waals surface area contributed by atoms with Gasteiger partial charge >= 0.3 is 0 Å². The molecule has 2 aliphatic heterocycles. The van der Waals surface area contributed by atoms with E-state index in [0.717, 1.165) is 32.4 Å². The third-order valence-electron chi connectivity index (χ3n) is 4.11. The van der Waals surface area contributed by atoms with Crippen LogP contribution in [-0.4, -0.2) is 35.8 Å².